The SMILES string of the molecule is CCC(C)n1ncn(-c2cccc(N3CCN(c4ccc(OC[C@@H]5CO[C@@](Cn6nccn6)(c6ccc(Cl)cc6Cl)O5)cc4)CC3)c2)c1=O. The Morgan fingerprint density at radius 3 is 2.35 bits per heavy atom. The molecule has 0 bridgehead atoms. The normalized spacial score (nSPS) is 20.1. The van der Waals surface area contributed by atoms with E-state index in [-0.39, 0.29) is 24.4 Å². The van der Waals surface area contributed by atoms with E-state index in [2.05, 4.69) is 56.3 Å². The standard InChI is InChI=1S/C35H38Cl2N8O4/c1-3-25(2)45-34(46)43(24-40-45)29-6-4-5-28(20-29)42-17-15-41(16-18-42)27-8-10-30(11-9-27)47-21-31-22-48-35(49-31,23-44-38-13-14-39-44)32-12-7-26(36)19-33(32)37/h4-14,19-20,24-25,31H,3,15-18,21-23H2,1-2H3/t25?,31-,35-/m1/s1. The van der Waals surface area contributed by atoms with Gasteiger partial charge in [-0.2, -0.15) is 20.1 Å². The molecule has 5 aromatic rings. The number of aromatic nitrogens is 6. The molecule has 2 aromatic heterocycles. The van der Waals surface area contributed by atoms with Crippen LogP contribution in [0.25, 0.3) is 5.69 Å². The van der Waals surface area contributed by atoms with Crippen LogP contribution in [-0.4, -0.2) is 74.8 Å². The molecule has 3 atom stereocenters. The van der Waals surface area contributed by atoms with Crippen LogP contribution in [0.2, 0.25) is 10.0 Å². The average Bonchev–Trinajstić information content (AvgIpc) is 3.88. The Hall–Kier alpha value is -4.36. The fourth-order valence-corrected chi connectivity index (χ4v) is 6.79. The van der Waals surface area contributed by atoms with E-state index in [9.17, 15) is 4.79 Å². The van der Waals surface area contributed by atoms with E-state index < -0.39 is 5.79 Å². The van der Waals surface area contributed by atoms with Crippen LogP contribution >= 0.6 is 23.2 Å². The van der Waals surface area contributed by atoms with Gasteiger partial charge in [-0.25, -0.2) is 14.0 Å². The molecular formula is C35H38Cl2N8O4. The molecule has 3 aromatic carbocycles. The maximum absolute atomic E-state index is 13.0. The predicted octanol–water partition coefficient (Wildman–Crippen LogP) is 5.58. The van der Waals surface area contributed by atoms with E-state index in [1.807, 2.05) is 31.2 Å². The molecule has 12 nitrogen and oxygen atoms in total. The van der Waals surface area contributed by atoms with E-state index in [4.69, 9.17) is 37.4 Å². The quantitative estimate of drug-likeness (QED) is 0.174. The molecule has 2 aliphatic heterocycles. The van der Waals surface area contributed by atoms with Gasteiger partial charge in [0.1, 0.15) is 31.3 Å². The largest absolute Gasteiger partial charge is 0.491 e. The van der Waals surface area contributed by atoms with Gasteiger partial charge in [0.15, 0.2) is 0 Å². The minimum Gasteiger partial charge on any atom is -0.491 e. The zero-order valence-corrected chi connectivity index (χ0v) is 28.9. The van der Waals surface area contributed by atoms with Crippen molar-refractivity contribution < 1.29 is 14.2 Å². The topological polar surface area (TPSA) is 105 Å². The highest BCUT2D eigenvalue weighted by molar-refractivity contribution is 6.35. The molecule has 2 fully saturated rings. The summed E-state index contributed by atoms with van der Waals surface area (Å²) >= 11 is 12.7. The van der Waals surface area contributed by atoms with E-state index in [1.165, 1.54) is 4.80 Å². The summed E-state index contributed by atoms with van der Waals surface area (Å²) in [5, 5.41) is 13.8. The average molecular weight is 706 g/mol. The number of anilines is 2. The number of rotatable bonds is 11. The van der Waals surface area contributed by atoms with E-state index in [0.717, 1.165) is 55.4 Å². The fraction of sp³-hybridized carbons (Fsp3) is 0.371. The Kier molecular flexibility index (Phi) is 9.64. The van der Waals surface area contributed by atoms with Crippen LogP contribution in [0.5, 0.6) is 5.75 Å². The first kappa shape index (κ1) is 33.2. The molecule has 0 radical (unpaired) electrons. The van der Waals surface area contributed by atoms with Gasteiger partial charge in [0, 0.05) is 48.1 Å². The van der Waals surface area contributed by atoms with Gasteiger partial charge in [0.2, 0.25) is 5.79 Å². The summed E-state index contributed by atoms with van der Waals surface area (Å²) in [6.45, 7) is 8.32. The number of hydrogen-bond acceptors (Lipinski definition) is 9. The molecule has 7 rings (SSSR count). The van der Waals surface area contributed by atoms with Crippen molar-refractivity contribution in [3.8, 4) is 11.4 Å². The third-order valence-corrected chi connectivity index (χ3v) is 9.66. The summed E-state index contributed by atoms with van der Waals surface area (Å²) in [7, 11) is 0. The molecule has 1 unspecified atom stereocenters. The van der Waals surface area contributed by atoms with Crippen molar-refractivity contribution in [2.75, 3.05) is 49.2 Å². The molecule has 0 aliphatic carbocycles. The lowest BCUT2D eigenvalue weighted by Crippen LogP contribution is -2.46. The summed E-state index contributed by atoms with van der Waals surface area (Å²) in [5.41, 5.74) is 3.57. The number of piperazine rings is 1. The van der Waals surface area contributed by atoms with Gasteiger partial charge in [-0.3, -0.25) is 0 Å². The van der Waals surface area contributed by atoms with Gasteiger partial charge in [0.25, 0.3) is 0 Å². The van der Waals surface area contributed by atoms with Gasteiger partial charge in [0.05, 0.1) is 35.8 Å². The van der Waals surface area contributed by atoms with Crippen molar-refractivity contribution in [1.29, 1.82) is 0 Å². The molecule has 2 saturated heterocycles. The number of halogens is 2. The molecule has 0 amide bonds. The van der Waals surface area contributed by atoms with Crippen LogP contribution in [0.15, 0.2) is 90.2 Å². The Balaban J connectivity index is 0.944. The van der Waals surface area contributed by atoms with E-state index >= 15 is 0 Å². The Morgan fingerprint density at radius 2 is 1.63 bits per heavy atom. The third-order valence-electron chi connectivity index (χ3n) is 9.11. The maximum atomic E-state index is 13.0. The first-order chi connectivity index (χ1) is 23.8. The van der Waals surface area contributed by atoms with E-state index in [1.54, 1.807) is 46.2 Å². The number of ether oxygens (including phenoxy) is 3. The highest BCUT2D eigenvalue weighted by Crippen LogP contribution is 2.40. The number of hydrogen-bond donors (Lipinski definition) is 0. The van der Waals surface area contributed by atoms with Crippen LogP contribution in [-0.2, 0) is 21.8 Å². The summed E-state index contributed by atoms with van der Waals surface area (Å²) < 4.78 is 22.0. The summed E-state index contributed by atoms with van der Waals surface area (Å²) in [5.74, 6) is -0.443. The fourth-order valence-electron chi connectivity index (χ4n) is 6.24. The van der Waals surface area contributed by atoms with Crippen molar-refractivity contribution in [2.24, 2.45) is 0 Å². The molecule has 49 heavy (non-hydrogen) atoms. The van der Waals surface area contributed by atoms with Crippen molar-refractivity contribution >= 4 is 34.6 Å². The van der Waals surface area contributed by atoms with Crippen LogP contribution in [0, 0.1) is 0 Å². The molecule has 2 aliphatic rings. The minimum atomic E-state index is -1.18. The lowest BCUT2D eigenvalue weighted by molar-refractivity contribution is -0.192. The Morgan fingerprint density at radius 1 is 0.918 bits per heavy atom. The Labute approximate surface area is 294 Å². The smallest absolute Gasteiger partial charge is 0.350 e. The van der Waals surface area contributed by atoms with Gasteiger partial charge >= 0.3 is 5.69 Å². The van der Waals surface area contributed by atoms with Gasteiger partial charge in [-0.05, 0) is 67.9 Å². The third kappa shape index (κ3) is 7.04. The van der Waals surface area contributed by atoms with Crippen LogP contribution in [0.4, 0.5) is 11.4 Å². The van der Waals surface area contributed by atoms with Crippen LogP contribution in [0.3, 0.4) is 0 Å². The highest BCUT2D eigenvalue weighted by Gasteiger charge is 2.46. The van der Waals surface area contributed by atoms with Crippen molar-refractivity contribution in [3.63, 3.8) is 0 Å². The number of nitrogens with zero attached hydrogens (tertiary/aromatic N) is 8. The van der Waals surface area contributed by atoms with Crippen LogP contribution < -0.4 is 20.2 Å². The second-order valence-corrected chi connectivity index (χ2v) is 13.1. The molecule has 0 N–H and O–H groups in total. The monoisotopic (exact) mass is 704 g/mol. The van der Waals surface area contributed by atoms with Crippen molar-refractivity contribution in [3.05, 3.63) is 112 Å². The molecule has 256 valence electrons. The first-order valence-electron chi connectivity index (χ1n) is 16.4. The molecule has 0 saturated carbocycles. The van der Waals surface area contributed by atoms with Crippen LogP contribution in [0.1, 0.15) is 31.9 Å². The second-order valence-electron chi connectivity index (χ2n) is 12.3. The van der Waals surface area contributed by atoms with Gasteiger partial charge < -0.3 is 24.0 Å². The van der Waals surface area contributed by atoms with Gasteiger partial charge in [-0.1, -0.05) is 42.3 Å². The second kappa shape index (κ2) is 14.2. The van der Waals surface area contributed by atoms with E-state index in [0.29, 0.717) is 28.8 Å². The number of benzene rings is 3. The lowest BCUT2D eigenvalue weighted by atomic mass is 10.1. The minimum absolute atomic E-state index is 0.0548. The lowest BCUT2D eigenvalue weighted by Gasteiger charge is -2.37. The molecular weight excluding hydrogens is 667 g/mol. The van der Waals surface area contributed by atoms with Crippen molar-refractivity contribution in [1.82, 2.24) is 29.3 Å². The predicted molar refractivity (Wildman–Crippen MR) is 188 cm³/mol. The highest BCUT2D eigenvalue weighted by atomic mass is 35.5. The summed E-state index contributed by atoms with van der Waals surface area (Å²) in [4.78, 5) is 19.2. The Bertz CT molecular complexity index is 1920. The first-order valence-corrected chi connectivity index (χ1v) is 17.2. The maximum Gasteiger partial charge on any atom is 0.350 e. The summed E-state index contributed by atoms with van der Waals surface area (Å²) in [6, 6.07) is 21.5. The zero-order chi connectivity index (χ0) is 34.0. The van der Waals surface area contributed by atoms with Gasteiger partial charge in [-0.15, -0.1) is 0 Å². The molecule has 4 heterocycles. The zero-order valence-electron chi connectivity index (χ0n) is 27.4. The molecule has 14 heteroatoms. The summed E-state index contributed by atoms with van der Waals surface area (Å²) in [6.07, 6.45) is 5.32. The van der Waals surface area contributed by atoms with Crippen molar-refractivity contribution in [2.45, 2.75) is 44.7 Å². The molecule has 0 spiro atoms.